The molecule has 2 heterocycles. The van der Waals surface area contributed by atoms with E-state index in [0.29, 0.717) is 12.4 Å². The molecule has 0 aromatic carbocycles. The summed E-state index contributed by atoms with van der Waals surface area (Å²) in [5.74, 6) is -0.748. The van der Waals surface area contributed by atoms with E-state index in [1.165, 1.54) is 12.3 Å². The lowest BCUT2D eigenvalue weighted by Gasteiger charge is -2.21. The summed E-state index contributed by atoms with van der Waals surface area (Å²) in [6, 6.07) is 2.43. The van der Waals surface area contributed by atoms with Crippen LogP contribution in [0.3, 0.4) is 0 Å². The fourth-order valence-corrected chi connectivity index (χ4v) is 2.24. The zero-order chi connectivity index (χ0) is 17.4. The molecule has 0 bridgehead atoms. The standard InChI is InChI=1S/C16H21N3O5/c20-8-2-1-3-9-24-11-4-5-12(17-10-11)15(22)18-13-6-7-14(21)19-16(13)23/h4-5,10,13,20H,1-3,6-9H2,(H,18,22)(H,19,21,23). The maximum atomic E-state index is 12.1. The lowest BCUT2D eigenvalue weighted by Crippen LogP contribution is -2.52. The van der Waals surface area contributed by atoms with Crippen LogP contribution in [0.1, 0.15) is 42.6 Å². The third kappa shape index (κ3) is 5.31. The van der Waals surface area contributed by atoms with Crippen molar-refractivity contribution in [3.05, 3.63) is 24.0 Å². The van der Waals surface area contributed by atoms with E-state index in [1.54, 1.807) is 6.07 Å². The number of aliphatic hydroxyl groups excluding tert-OH is 1. The molecule has 0 spiro atoms. The predicted octanol–water partition coefficient (Wildman–Crippen LogP) is 0.158. The summed E-state index contributed by atoms with van der Waals surface area (Å²) in [5, 5.41) is 13.4. The average molecular weight is 335 g/mol. The van der Waals surface area contributed by atoms with E-state index in [2.05, 4.69) is 15.6 Å². The van der Waals surface area contributed by atoms with Crippen molar-refractivity contribution >= 4 is 17.7 Å². The molecular formula is C16H21N3O5. The number of nitrogens with one attached hydrogen (secondary N) is 2. The number of aliphatic hydroxyl groups is 1. The Balaban J connectivity index is 1.80. The molecule has 1 unspecified atom stereocenters. The Morgan fingerprint density at radius 2 is 2.17 bits per heavy atom. The maximum Gasteiger partial charge on any atom is 0.270 e. The molecule has 1 atom stereocenters. The molecule has 130 valence electrons. The van der Waals surface area contributed by atoms with Crippen molar-refractivity contribution in [1.29, 1.82) is 0 Å². The van der Waals surface area contributed by atoms with E-state index in [0.717, 1.165) is 19.3 Å². The van der Waals surface area contributed by atoms with Gasteiger partial charge in [0.1, 0.15) is 17.5 Å². The fraction of sp³-hybridized carbons (Fsp3) is 0.500. The SMILES string of the molecule is O=C1CCC(NC(=O)c2ccc(OCCCCCO)cn2)C(=O)N1. The number of aromatic nitrogens is 1. The quantitative estimate of drug-likeness (QED) is 0.460. The fourth-order valence-electron chi connectivity index (χ4n) is 2.24. The molecule has 3 amide bonds. The normalized spacial score (nSPS) is 17.3. The van der Waals surface area contributed by atoms with Gasteiger partial charge in [0.05, 0.1) is 12.8 Å². The van der Waals surface area contributed by atoms with Crippen molar-refractivity contribution in [3.8, 4) is 5.75 Å². The molecule has 0 aliphatic carbocycles. The zero-order valence-electron chi connectivity index (χ0n) is 13.3. The first-order chi connectivity index (χ1) is 11.6. The lowest BCUT2D eigenvalue weighted by molar-refractivity contribution is -0.134. The lowest BCUT2D eigenvalue weighted by atomic mass is 10.1. The molecule has 8 heteroatoms. The predicted molar refractivity (Wildman–Crippen MR) is 84.3 cm³/mol. The van der Waals surface area contributed by atoms with Crippen LogP contribution in [0.4, 0.5) is 0 Å². The van der Waals surface area contributed by atoms with Crippen LogP contribution in [-0.2, 0) is 9.59 Å². The molecule has 1 aliphatic heterocycles. The van der Waals surface area contributed by atoms with Crippen LogP contribution < -0.4 is 15.4 Å². The summed E-state index contributed by atoms with van der Waals surface area (Å²) in [6.45, 7) is 0.696. The van der Waals surface area contributed by atoms with Gasteiger partial charge in [-0.3, -0.25) is 19.7 Å². The van der Waals surface area contributed by atoms with Crippen LogP contribution >= 0.6 is 0 Å². The molecule has 0 radical (unpaired) electrons. The molecule has 2 rings (SSSR count). The van der Waals surface area contributed by atoms with Crippen LogP contribution in [-0.4, -0.2) is 47.1 Å². The summed E-state index contributed by atoms with van der Waals surface area (Å²) in [7, 11) is 0. The largest absolute Gasteiger partial charge is 0.492 e. The van der Waals surface area contributed by atoms with Crippen molar-refractivity contribution < 1.29 is 24.2 Å². The van der Waals surface area contributed by atoms with Gasteiger partial charge in [-0.1, -0.05) is 0 Å². The highest BCUT2D eigenvalue weighted by Gasteiger charge is 2.28. The minimum absolute atomic E-state index is 0.173. The van der Waals surface area contributed by atoms with E-state index in [4.69, 9.17) is 9.84 Å². The van der Waals surface area contributed by atoms with Gasteiger partial charge in [0.25, 0.3) is 5.91 Å². The second-order valence-electron chi connectivity index (χ2n) is 5.49. The van der Waals surface area contributed by atoms with Gasteiger partial charge >= 0.3 is 0 Å². The Hall–Kier alpha value is -2.48. The second kappa shape index (κ2) is 8.97. The van der Waals surface area contributed by atoms with Crippen molar-refractivity contribution in [2.45, 2.75) is 38.1 Å². The highest BCUT2D eigenvalue weighted by atomic mass is 16.5. The van der Waals surface area contributed by atoms with Gasteiger partial charge in [-0.25, -0.2) is 4.98 Å². The minimum Gasteiger partial charge on any atom is -0.492 e. The first-order valence-electron chi connectivity index (χ1n) is 7.94. The number of carbonyl (C=O) groups is 3. The molecule has 1 aliphatic rings. The van der Waals surface area contributed by atoms with Gasteiger partial charge in [0.15, 0.2) is 0 Å². The molecule has 8 nitrogen and oxygen atoms in total. The Bertz CT molecular complexity index is 588. The molecule has 0 saturated carbocycles. The Kier molecular flexibility index (Phi) is 6.68. The Morgan fingerprint density at radius 3 is 2.83 bits per heavy atom. The highest BCUT2D eigenvalue weighted by Crippen LogP contribution is 2.11. The Labute approximate surface area is 139 Å². The van der Waals surface area contributed by atoms with Gasteiger partial charge in [-0.15, -0.1) is 0 Å². The molecule has 24 heavy (non-hydrogen) atoms. The number of nitrogens with zero attached hydrogens (tertiary/aromatic N) is 1. The van der Waals surface area contributed by atoms with Crippen LogP contribution in [0.5, 0.6) is 5.75 Å². The van der Waals surface area contributed by atoms with Crippen molar-refractivity contribution in [2.24, 2.45) is 0 Å². The number of piperidine rings is 1. The van der Waals surface area contributed by atoms with Gasteiger partial charge in [0, 0.05) is 13.0 Å². The summed E-state index contributed by atoms with van der Waals surface area (Å²) >= 11 is 0. The number of rotatable bonds is 8. The van der Waals surface area contributed by atoms with E-state index in [1.807, 2.05) is 0 Å². The number of pyridine rings is 1. The number of hydrogen-bond donors (Lipinski definition) is 3. The van der Waals surface area contributed by atoms with Crippen LogP contribution in [0.15, 0.2) is 18.3 Å². The molecule has 1 aromatic rings. The topological polar surface area (TPSA) is 118 Å². The number of ether oxygens (including phenoxy) is 1. The van der Waals surface area contributed by atoms with Gasteiger partial charge in [-0.2, -0.15) is 0 Å². The monoisotopic (exact) mass is 335 g/mol. The van der Waals surface area contributed by atoms with E-state index in [9.17, 15) is 14.4 Å². The van der Waals surface area contributed by atoms with E-state index < -0.39 is 17.9 Å². The molecular weight excluding hydrogens is 314 g/mol. The Morgan fingerprint density at radius 1 is 1.33 bits per heavy atom. The molecule has 1 fully saturated rings. The van der Waals surface area contributed by atoms with E-state index >= 15 is 0 Å². The zero-order valence-corrected chi connectivity index (χ0v) is 13.3. The minimum atomic E-state index is -0.723. The summed E-state index contributed by atoms with van der Waals surface area (Å²) in [5.41, 5.74) is 0.173. The van der Waals surface area contributed by atoms with E-state index in [-0.39, 0.29) is 31.0 Å². The number of amides is 3. The third-order valence-corrected chi connectivity index (χ3v) is 3.58. The molecule has 3 N–H and O–H groups in total. The average Bonchev–Trinajstić information content (AvgIpc) is 2.57. The number of unbranched alkanes of at least 4 members (excludes halogenated alkanes) is 2. The first-order valence-corrected chi connectivity index (χ1v) is 7.94. The smallest absolute Gasteiger partial charge is 0.270 e. The molecule has 1 saturated heterocycles. The number of imide groups is 1. The summed E-state index contributed by atoms with van der Waals surface area (Å²) in [4.78, 5) is 38.8. The first kappa shape index (κ1) is 17.9. The second-order valence-corrected chi connectivity index (χ2v) is 5.49. The van der Waals surface area contributed by atoms with Crippen molar-refractivity contribution in [2.75, 3.05) is 13.2 Å². The van der Waals surface area contributed by atoms with Gasteiger partial charge < -0.3 is 15.2 Å². The molecule has 1 aromatic heterocycles. The van der Waals surface area contributed by atoms with Crippen molar-refractivity contribution in [3.63, 3.8) is 0 Å². The number of hydrogen-bond acceptors (Lipinski definition) is 6. The van der Waals surface area contributed by atoms with Crippen molar-refractivity contribution in [1.82, 2.24) is 15.6 Å². The summed E-state index contributed by atoms with van der Waals surface area (Å²) in [6.07, 6.45) is 4.40. The summed E-state index contributed by atoms with van der Waals surface area (Å²) < 4.78 is 5.49. The highest BCUT2D eigenvalue weighted by molar-refractivity contribution is 6.03. The maximum absolute atomic E-state index is 12.1. The van der Waals surface area contributed by atoms with Crippen LogP contribution in [0, 0.1) is 0 Å². The number of carbonyl (C=O) groups excluding carboxylic acids is 3. The van der Waals surface area contributed by atoms with Gasteiger partial charge in [0.2, 0.25) is 11.8 Å². The van der Waals surface area contributed by atoms with Crippen LogP contribution in [0.25, 0.3) is 0 Å². The third-order valence-electron chi connectivity index (χ3n) is 3.58. The van der Waals surface area contributed by atoms with Crippen LogP contribution in [0.2, 0.25) is 0 Å². The van der Waals surface area contributed by atoms with Gasteiger partial charge in [-0.05, 0) is 37.8 Å².